The lowest BCUT2D eigenvalue weighted by atomic mass is 10.1. The first-order valence-electron chi connectivity index (χ1n) is 10.3. The van der Waals surface area contributed by atoms with Crippen molar-refractivity contribution in [2.24, 2.45) is 5.14 Å². The summed E-state index contributed by atoms with van der Waals surface area (Å²) in [6.07, 6.45) is 1.45. The minimum atomic E-state index is -3.82. The fourth-order valence-electron chi connectivity index (χ4n) is 3.96. The number of barbiturate groups is 1. The van der Waals surface area contributed by atoms with Crippen LogP contribution < -0.4 is 15.4 Å². The van der Waals surface area contributed by atoms with Crippen LogP contribution in [0.3, 0.4) is 0 Å². The molecule has 0 aliphatic carbocycles. The van der Waals surface area contributed by atoms with Crippen molar-refractivity contribution in [3.05, 3.63) is 82.7 Å². The van der Waals surface area contributed by atoms with E-state index in [0.717, 1.165) is 10.6 Å². The molecule has 4 rings (SSSR count). The van der Waals surface area contributed by atoms with Gasteiger partial charge in [-0.2, -0.15) is 0 Å². The Bertz CT molecular complexity index is 1480. The Balaban J connectivity index is 1.75. The van der Waals surface area contributed by atoms with E-state index in [9.17, 15) is 22.8 Å². The predicted octanol–water partition coefficient (Wildman–Crippen LogP) is 2.72. The fraction of sp³-hybridized carbons (Fsp3) is 0.125. The van der Waals surface area contributed by atoms with Crippen molar-refractivity contribution in [1.82, 2.24) is 9.88 Å². The number of aryl methyl sites for hydroxylation is 2. The molecule has 1 aliphatic rings. The number of hydrogen-bond donors (Lipinski definition) is 2. The van der Waals surface area contributed by atoms with Crippen molar-refractivity contribution >= 4 is 39.6 Å². The molecule has 0 unspecified atom stereocenters. The van der Waals surface area contributed by atoms with Crippen molar-refractivity contribution in [1.29, 1.82) is 0 Å². The Morgan fingerprint density at radius 3 is 2.21 bits per heavy atom. The van der Waals surface area contributed by atoms with Gasteiger partial charge in [0.1, 0.15) is 5.57 Å². The second kappa shape index (κ2) is 8.40. The maximum Gasteiger partial charge on any atom is 0.335 e. The van der Waals surface area contributed by atoms with Crippen molar-refractivity contribution in [3.63, 3.8) is 0 Å². The van der Waals surface area contributed by atoms with E-state index in [4.69, 9.17) is 5.14 Å². The van der Waals surface area contributed by atoms with E-state index in [2.05, 4.69) is 5.32 Å². The van der Waals surface area contributed by atoms with E-state index in [1.807, 2.05) is 18.4 Å². The number of carbonyl (C=O) groups excluding carboxylic acids is 3. The van der Waals surface area contributed by atoms with Crippen LogP contribution in [0.1, 0.15) is 22.5 Å². The third kappa shape index (κ3) is 4.04. The number of nitrogens with zero attached hydrogens (tertiary/aromatic N) is 2. The van der Waals surface area contributed by atoms with Gasteiger partial charge in [-0.3, -0.25) is 14.9 Å². The average Bonchev–Trinajstić information content (AvgIpc) is 3.04. The van der Waals surface area contributed by atoms with Gasteiger partial charge in [0.15, 0.2) is 0 Å². The molecule has 1 aliphatic heterocycles. The number of aromatic nitrogens is 1. The van der Waals surface area contributed by atoms with Crippen LogP contribution in [0.25, 0.3) is 11.8 Å². The number of carbonyl (C=O) groups is 3. The smallest absolute Gasteiger partial charge is 0.318 e. The lowest BCUT2D eigenvalue weighted by molar-refractivity contribution is -0.122. The molecule has 3 aromatic rings. The number of amides is 4. The first-order valence-corrected chi connectivity index (χ1v) is 11.8. The Kier molecular flexibility index (Phi) is 5.72. The summed E-state index contributed by atoms with van der Waals surface area (Å²) in [6.45, 7) is 5.42. The van der Waals surface area contributed by atoms with Gasteiger partial charge >= 0.3 is 6.03 Å². The molecular weight excluding hydrogens is 456 g/mol. The van der Waals surface area contributed by atoms with Gasteiger partial charge in [0.05, 0.1) is 10.6 Å². The lowest BCUT2D eigenvalue weighted by Crippen LogP contribution is -2.54. The van der Waals surface area contributed by atoms with Gasteiger partial charge in [-0.1, -0.05) is 18.2 Å². The maximum atomic E-state index is 13.2. The lowest BCUT2D eigenvalue weighted by Gasteiger charge is -2.27. The molecule has 4 amide bonds. The Morgan fingerprint density at radius 2 is 1.59 bits per heavy atom. The van der Waals surface area contributed by atoms with E-state index in [1.54, 1.807) is 49.4 Å². The van der Waals surface area contributed by atoms with Crippen LogP contribution in [0, 0.1) is 20.8 Å². The summed E-state index contributed by atoms with van der Waals surface area (Å²) in [5, 5.41) is 7.40. The van der Waals surface area contributed by atoms with E-state index >= 15 is 0 Å². The number of hydrogen-bond acceptors (Lipinski definition) is 5. The zero-order valence-electron chi connectivity index (χ0n) is 18.7. The van der Waals surface area contributed by atoms with Crippen LogP contribution in [-0.4, -0.2) is 30.8 Å². The van der Waals surface area contributed by atoms with Crippen LogP contribution in [-0.2, 0) is 19.6 Å². The molecule has 0 saturated carbocycles. The highest BCUT2D eigenvalue weighted by atomic mass is 32.2. The molecule has 0 bridgehead atoms. The fourth-order valence-corrected chi connectivity index (χ4v) is 4.48. The number of anilines is 1. The van der Waals surface area contributed by atoms with Gasteiger partial charge in [0.25, 0.3) is 11.8 Å². The predicted molar refractivity (Wildman–Crippen MR) is 127 cm³/mol. The summed E-state index contributed by atoms with van der Waals surface area (Å²) < 4.78 is 24.9. The normalized spacial score (nSPS) is 15.7. The number of nitrogens with one attached hydrogen (secondary N) is 1. The Hall–Kier alpha value is -4.02. The number of sulfonamides is 1. The zero-order chi connectivity index (χ0) is 24.8. The van der Waals surface area contributed by atoms with E-state index in [-0.39, 0.29) is 10.5 Å². The quantitative estimate of drug-likeness (QED) is 0.440. The molecule has 3 N–H and O–H groups in total. The van der Waals surface area contributed by atoms with Crippen molar-refractivity contribution < 1.29 is 22.8 Å². The molecule has 10 heteroatoms. The third-order valence-electron chi connectivity index (χ3n) is 5.65. The number of benzene rings is 2. The number of nitrogens with two attached hydrogens (primary N) is 1. The molecule has 1 saturated heterocycles. The van der Waals surface area contributed by atoms with Gasteiger partial charge < -0.3 is 4.57 Å². The van der Waals surface area contributed by atoms with Crippen LogP contribution in [0.5, 0.6) is 0 Å². The molecule has 0 spiro atoms. The summed E-state index contributed by atoms with van der Waals surface area (Å²) in [4.78, 5) is 39.2. The minimum Gasteiger partial charge on any atom is -0.318 e. The molecule has 0 atom stereocenters. The molecule has 174 valence electrons. The average molecular weight is 479 g/mol. The number of urea groups is 1. The summed E-state index contributed by atoms with van der Waals surface area (Å²) in [5.41, 5.74) is 3.72. The summed E-state index contributed by atoms with van der Waals surface area (Å²) in [5.74, 6) is -1.49. The SMILES string of the molecule is Cc1ccccc1N1C(=O)NC(=O)/C(=C\c2cc(C)n(-c3ccc(S(N)(=O)=O)cc3)c2C)C1=O. The summed E-state index contributed by atoms with van der Waals surface area (Å²) >= 11 is 0. The van der Waals surface area contributed by atoms with E-state index in [1.165, 1.54) is 18.2 Å². The van der Waals surface area contributed by atoms with Crippen LogP contribution in [0.15, 0.2) is 65.1 Å². The van der Waals surface area contributed by atoms with Gasteiger partial charge in [-0.25, -0.2) is 23.3 Å². The molecule has 1 aromatic heterocycles. The molecule has 2 heterocycles. The second-order valence-electron chi connectivity index (χ2n) is 7.95. The van der Waals surface area contributed by atoms with Gasteiger partial charge in [-0.15, -0.1) is 0 Å². The number of imide groups is 2. The van der Waals surface area contributed by atoms with Crippen molar-refractivity contribution in [3.8, 4) is 5.69 Å². The number of primary sulfonamides is 1. The highest BCUT2D eigenvalue weighted by Crippen LogP contribution is 2.27. The van der Waals surface area contributed by atoms with Crippen LogP contribution in [0.2, 0.25) is 0 Å². The number of para-hydroxylation sites is 1. The maximum absolute atomic E-state index is 13.2. The molecule has 1 fully saturated rings. The van der Waals surface area contributed by atoms with Crippen molar-refractivity contribution in [2.45, 2.75) is 25.7 Å². The highest BCUT2D eigenvalue weighted by molar-refractivity contribution is 7.89. The van der Waals surface area contributed by atoms with Gasteiger partial charge in [0, 0.05) is 17.1 Å². The second-order valence-corrected chi connectivity index (χ2v) is 9.51. The summed E-state index contributed by atoms with van der Waals surface area (Å²) in [6, 6.07) is 13.9. The van der Waals surface area contributed by atoms with E-state index < -0.39 is 27.9 Å². The zero-order valence-corrected chi connectivity index (χ0v) is 19.5. The minimum absolute atomic E-state index is 0.00788. The monoisotopic (exact) mass is 478 g/mol. The highest BCUT2D eigenvalue weighted by Gasteiger charge is 2.37. The molecule has 9 nitrogen and oxygen atoms in total. The molecule has 2 aromatic carbocycles. The first kappa shape index (κ1) is 23.1. The standard InChI is InChI=1S/C24H22N4O5S/c1-14-6-4-5-7-21(14)28-23(30)20(22(29)26-24(28)31)13-17-12-15(2)27(16(17)3)18-8-10-19(11-9-18)34(25,32)33/h4-13H,1-3H3,(H2,25,32,33)(H,26,29,31)/b20-13+. The van der Waals surface area contributed by atoms with Gasteiger partial charge in [-0.05, 0) is 74.4 Å². The topological polar surface area (TPSA) is 132 Å². The summed E-state index contributed by atoms with van der Waals surface area (Å²) in [7, 11) is -3.82. The first-order chi connectivity index (χ1) is 16.0. The largest absolute Gasteiger partial charge is 0.335 e. The van der Waals surface area contributed by atoms with Crippen LogP contribution in [0.4, 0.5) is 10.5 Å². The van der Waals surface area contributed by atoms with E-state index in [0.29, 0.717) is 28.2 Å². The molecule has 0 radical (unpaired) electrons. The third-order valence-corrected chi connectivity index (χ3v) is 6.58. The molecule has 34 heavy (non-hydrogen) atoms. The Labute approximate surface area is 196 Å². The van der Waals surface area contributed by atoms with Crippen LogP contribution >= 0.6 is 0 Å². The number of rotatable bonds is 4. The van der Waals surface area contributed by atoms with Crippen molar-refractivity contribution in [2.75, 3.05) is 4.90 Å². The molecular formula is C24H22N4O5S. The van der Waals surface area contributed by atoms with Gasteiger partial charge in [0.2, 0.25) is 10.0 Å². The Morgan fingerprint density at radius 1 is 0.941 bits per heavy atom.